The fraction of sp³-hybridized carbons (Fsp3) is 0.778. The maximum absolute atomic E-state index is 12.9. The number of guanidine groups is 1. The molecule has 0 bridgehead atoms. The topological polar surface area (TPSA) is 186 Å². The lowest BCUT2D eigenvalue weighted by atomic mass is 10.4. The molecule has 0 aromatic heterocycles. The minimum absolute atomic E-state index is 0.204. The number of carbonyl (C=O) groups is 3. The van der Waals surface area contributed by atoms with Gasteiger partial charge in [-0.05, 0) is 12.8 Å². The Morgan fingerprint density at radius 3 is 1.67 bits per heavy atom. The highest BCUT2D eigenvalue weighted by molar-refractivity contribution is 7.52. The first-order valence-electron chi connectivity index (χ1n) is 10.4. The maximum Gasteiger partial charge on any atom is 0.508 e. The van der Waals surface area contributed by atoms with Gasteiger partial charge in [0.2, 0.25) is 5.96 Å². The molecule has 0 aromatic carbocycles. The number of nitrogens with zero attached hydrogens (tertiary/aromatic N) is 2. The second-order valence-corrected chi connectivity index (χ2v) is 8.10. The molecule has 14 nitrogen and oxygen atoms in total. The summed E-state index contributed by atoms with van der Waals surface area (Å²) in [5.74, 6) is -1.63. The Bertz CT molecular complexity index is 641. The van der Waals surface area contributed by atoms with E-state index in [1.807, 2.05) is 13.8 Å². The van der Waals surface area contributed by atoms with Crippen molar-refractivity contribution in [1.29, 1.82) is 0 Å². The highest BCUT2D eigenvalue weighted by Gasteiger charge is 2.26. The molecule has 0 aromatic rings. The first-order chi connectivity index (χ1) is 15.6. The largest absolute Gasteiger partial charge is 0.508 e. The summed E-state index contributed by atoms with van der Waals surface area (Å²) in [6, 6.07) is 0. The van der Waals surface area contributed by atoms with Gasteiger partial charge in [-0.15, -0.1) is 4.76 Å². The van der Waals surface area contributed by atoms with Crippen molar-refractivity contribution in [3.63, 3.8) is 0 Å². The number of hydrogen-bond acceptors (Lipinski definition) is 10. The maximum atomic E-state index is 12.9. The first-order valence-corrected chi connectivity index (χ1v) is 11.9. The molecule has 0 rings (SSSR count). The minimum atomic E-state index is -4.28. The molecule has 0 aliphatic rings. The van der Waals surface area contributed by atoms with Gasteiger partial charge in [-0.3, -0.25) is 13.8 Å². The lowest BCUT2D eigenvalue weighted by Crippen LogP contribution is -2.37. The number of carboxylic acid groups (broad SMARTS) is 1. The van der Waals surface area contributed by atoms with Crippen molar-refractivity contribution in [2.75, 3.05) is 53.2 Å². The standard InChI is InChI=1S/C18H34N3O11P/c1-4-6-8-27-17(24)29-10-12-31-33(26,20-16(19)21(3)14-15(22)23)32-13-11-30-18(25)28-9-7-5-2/h4-14H2,1-3H3,(H,22,23)(H2,19,20,26). The van der Waals surface area contributed by atoms with E-state index >= 15 is 0 Å². The SMILES string of the molecule is CCCCOC(=O)OCCOP(=O)(N=C(N)N(C)CC(=O)O)OCCOC(=O)OCCCC. The number of carbonyl (C=O) groups excluding carboxylic acids is 2. The summed E-state index contributed by atoms with van der Waals surface area (Å²) < 4.78 is 45.9. The van der Waals surface area contributed by atoms with Crippen LogP contribution in [0.2, 0.25) is 0 Å². The van der Waals surface area contributed by atoms with E-state index in [0.717, 1.165) is 17.7 Å². The third kappa shape index (κ3) is 16.7. The number of nitrogens with two attached hydrogens (primary N) is 1. The summed E-state index contributed by atoms with van der Waals surface area (Å²) in [5, 5.41) is 8.83. The summed E-state index contributed by atoms with van der Waals surface area (Å²) in [5.41, 5.74) is 5.66. The molecule has 0 fully saturated rings. The average molecular weight is 499 g/mol. The van der Waals surface area contributed by atoms with Crippen LogP contribution in [0.4, 0.5) is 9.59 Å². The van der Waals surface area contributed by atoms with E-state index in [1.54, 1.807) is 0 Å². The zero-order chi connectivity index (χ0) is 25.1. The van der Waals surface area contributed by atoms with Crippen molar-refractivity contribution in [2.24, 2.45) is 10.5 Å². The number of rotatable bonds is 17. The van der Waals surface area contributed by atoms with Gasteiger partial charge >= 0.3 is 26.0 Å². The number of ether oxygens (including phenoxy) is 4. The van der Waals surface area contributed by atoms with Gasteiger partial charge in [-0.1, -0.05) is 26.7 Å². The Kier molecular flexibility index (Phi) is 16.5. The Balaban J connectivity index is 4.78. The van der Waals surface area contributed by atoms with Gasteiger partial charge in [0.1, 0.15) is 19.8 Å². The molecular weight excluding hydrogens is 465 g/mol. The number of unbranched alkanes of at least 4 members (excludes halogenated alkanes) is 2. The van der Waals surface area contributed by atoms with E-state index in [2.05, 4.69) is 4.76 Å². The number of aliphatic carboxylic acids is 1. The Hall–Kier alpha value is -2.57. The van der Waals surface area contributed by atoms with Crippen LogP contribution in [0.1, 0.15) is 39.5 Å². The second kappa shape index (κ2) is 17.9. The molecule has 0 heterocycles. The van der Waals surface area contributed by atoms with Crippen molar-refractivity contribution in [2.45, 2.75) is 39.5 Å². The van der Waals surface area contributed by atoms with Crippen LogP contribution in [-0.2, 0) is 37.4 Å². The Labute approximate surface area is 192 Å². The third-order valence-corrected chi connectivity index (χ3v) is 5.01. The molecule has 33 heavy (non-hydrogen) atoms. The molecule has 0 spiro atoms. The predicted molar refractivity (Wildman–Crippen MR) is 116 cm³/mol. The van der Waals surface area contributed by atoms with Crippen LogP contribution in [0.15, 0.2) is 4.76 Å². The number of hydrogen-bond donors (Lipinski definition) is 2. The Morgan fingerprint density at radius 2 is 1.27 bits per heavy atom. The molecule has 0 aliphatic carbocycles. The zero-order valence-corrected chi connectivity index (χ0v) is 20.1. The van der Waals surface area contributed by atoms with E-state index in [1.165, 1.54) is 7.05 Å². The molecule has 15 heteroatoms. The highest BCUT2D eigenvalue weighted by Crippen LogP contribution is 2.49. The molecule has 0 amide bonds. The van der Waals surface area contributed by atoms with Crippen molar-refractivity contribution in [1.82, 2.24) is 4.90 Å². The van der Waals surface area contributed by atoms with Crippen molar-refractivity contribution in [3.05, 3.63) is 0 Å². The average Bonchev–Trinajstić information content (AvgIpc) is 2.74. The van der Waals surface area contributed by atoms with E-state index in [9.17, 15) is 18.9 Å². The molecule has 0 unspecified atom stereocenters. The molecule has 0 radical (unpaired) electrons. The van der Waals surface area contributed by atoms with Crippen LogP contribution < -0.4 is 5.73 Å². The quantitative estimate of drug-likeness (QED) is 0.0977. The first kappa shape index (κ1) is 30.4. The van der Waals surface area contributed by atoms with Crippen molar-refractivity contribution in [3.8, 4) is 0 Å². The molecule has 192 valence electrons. The van der Waals surface area contributed by atoms with Crippen LogP contribution in [-0.4, -0.2) is 87.5 Å². The normalized spacial score (nSPS) is 11.5. The summed E-state index contributed by atoms with van der Waals surface area (Å²) in [6.45, 7) is 2.33. The van der Waals surface area contributed by atoms with Crippen LogP contribution >= 0.6 is 7.75 Å². The smallest absolute Gasteiger partial charge is 0.480 e. The summed E-state index contributed by atoms with van der Waals surface area (Å²) in [7, 11) is -2.97. The van der Waals surface area contributed by atoms with Gasteiger partial charge in [0, 0.05) is 7.05 Å². The monoisotopic (exact) mass is 499 g/mol. The van der Waals surface area contributed by atoms with Crippen LogP contribution in [0.25, 0.3) is 0 Å². The van der Waals surface area contributed by atoms with Crippen molar-refractivity contribution < 1.29 is 52.1 Å². The molecule has 0 saturated heterocycles. The lowest BCUT2D eigenvalue weighted by molar-refractivity contribution is -0.137. The second-order valence-electron chi connectivity index (χ2n) is 6.44. The van der Waals surface area contributed by atoms with E-state index < -0.39 is 38.5 Å². The molecule has 3 N–H and O–H groups in total. The van der Waals surface area contributed by atoms with Crippen molar-refractivity contribution >= 4 is 32.0 Å². The molecule has 0 atom stereocenters. The summed E-state index contributed by atoms with van der Waals surface area (Å²) in [6.07, 6.45) is 1.21. The van der Waals surface area contributed by atoms with Gasteiger partial charge in [-0.2, -0.15) is 0 Å². The van der Waals surface area contributed by atoms with E-state index in [0.29, 0.717) is 12.8 Å². The van der Waals surface area contributed by atoms with E-state index in [4.69, 9.17) is 38.8 Å². The number of carboxylic acids is 1. The van der Waals surface area contributed by atoms with Gasteiger partial charge in [0.15, 0.2) is 0 Å². The summed E-state index contributed by atoms with van der Waals surface area (Å²) in [4.78, 5) is 34.6. The van der Waals surface area contributed by atoms with Gasteiger partial charge in [0.25, 0.3) is 0 Å². The molecule has 0 saturated carbocycles. The third-order valence-electron chi connectivity index (χ3n) is 3.54. The molecular formula is C18H34N3O11P. The van der Waals surface area contributed by atoms with Gasteiger partial charge in [0.05, 0.1) is 26.4 Å². The Morgan fingerprint density at radius 1 is 0.848 bits per heavy atom. The predicted octanol–water partition coefficient (Wildman–Crippen LogP) is 2.37. The fourth-order valence-corrected chi connectivity index (χ4v) is 3.02. The fourth-order valence-electron chi connectivity index (χ4n) is 1.82. The van der Waals surface area contributed by atoms with Gasteiger partial charge in [-0.25, -0.2) is 14.2 Å². The van der Waals surface area contributed by atoms with E-state index in [-0.39, 0.29) is 39.6 Å². The minimum Gasteiger partial charge on any atom is -0.480 e. The van der Waals surface area contributed by atoms with Crippen LogP contribution in [0.3, 0.4) is 0 Å². The molecule has 0 aliphatic heterocycles. The van der Waals surface area contributed by atoms with Crippen LogP contribution in [0, 0.1) is 0 Å². The summed E-state index contributed by atoms with van der Waals surface area (Å²) >= 11 is 0. The number of likely N-dealkylation sites (N-methyl/N-ethyl adjacent to an activating group) is 1. The van der Waals surface area contributed by atoms with Gasteiger partial charge < -0.3 is 34.7 Å². The van der Waals surface area contributed by atoms with Crippen LogP contribution in [0.5, 0.6) is 0 Å². The zero-order valence-electron chi connectivity index (χ0n) is 19.2. The highest BCUT2D eigenvalue weighted by atomic mass is 31.2. The lowest BCUT2D eigenvalue weighted by Gasteiger charge is -2.19.